The lowest BCUT2D eigenvalue weighted by Gasteiger charge is -2.40. The second-order valence-electron chi connectivity index (χ2n) is 2.48. The quantitative estimate of drug-likeness (QED) is 0.562. The molecular formula is C5H7F3N2S. The molecule has 1 rings (SSSR count). The van der Waals surface area contributed by atoms with E-state index in [4.69, 9.17) is 5.73 Å². The highest BCUT2D eigenvalue weighted by molar-refractivity contribution is 7.80. The molecule has 1 heterocycles. The van der Waals surface area contributed by atoms with Crippen molar-refractivity contribution in [2.24, 2.45) is 11.7 Å². The van der Waals surface area contributed by atoms with Gasteiger partial charge in [0, 0.05) is 13.1 Å². The van der Waals surface area contributed by atoms with Crippen LogP contribution in [-0.4, -0.2) is 29.3 Å². The third-order valence-corrected chi connectivity index (χ3v) is 1.91. The molecule has 0 aromatic rings. The molecule has 1 aliphatic rings. The second-order valence-corrected chi connectivity index (χ2v) is 2.90. The zero-order valence-corrected chi connectivity index (χ0v) is 6.37. The molecule has 0 aliphatic carbocycles. The van der Waals surface area contributed by atoms with E-state index in [0.717, 1.165) is 0 Å². The van der Waals surface area contributed by atoms with Gasteiger partial charge in [-0.25, -0.2) is 0 Å². The molecule has 0 atom stereocenters. The minimum absolute atomic E-state index is 0.0468. The van der Waals surface area contributed by atoms with Gasteiger partial charge in [-0.05, 0) is 12.2 Å². The maximum Gasteiger partial charge on any atom is 0.395 e. The van der Waals surface area contributed by atoms with Gasteiger partial charge in [0.05, 0.1) is 5.92 Å². The van der Waals surface area contributed by atoms with Crippen molar-refractivity contribution in [3.63, 3.8) is 0 Å². The molecule has 0 spiro atoms. The summed E-state index contributed by atoms with van der Waals surface area (Å²) in [4.78, 5) is 1.33. The smallest absolute Gasteiger partial charge is 0.376 e. The number of likely N-dealkylation sites (tertiary alicyclic amines) is 1. The van der Waals surface area contributed by atoms with Gasteiger partial charge in [-0.3, -0.25) is 0 Å². The first-order chi connectivity index (χ1) is 4.91. The third-order valence-electron chi connectivity index (χ3n) is 1.66. The van der Waals surface area contributed by atoms with Crippen molar-refractivity contribution >= 4 is 17.3 Å². The average molecular weight is 184 g/mol. The Hall–Kier alpha value is -0.520. The summed E-state index contributed by atoms with van der Waals surface area (Å²) in [6.07, 6.45) is -4.10. The predicted octanol–water partition coefficient (Wildman–Crippen LogP) is 0.724. The van der Waals surface area contributed by atoms with Crippen LogP contribution in [0.15, 0.2) is 0 Å². The van der Waals surface area contributed by atoms with Gasteiger partial charge in [0.25, 0.3) is 0 Å². The maximum absolute atomic E-state index is 11.8. The van der Waals surface area contributed by atoms with Crippen molar-refractivity contribution in [2.45, 2.75) is 6.18 Å². The van der Waals surface area contributed by atoms with E-state index >= 15 is 0 Å². The molecule has 11 heavy (non-hydrogen) atoms. The van der Waals surface area contributed by atoms with Gasteiger partial charge in [0.15, 0.2) is 5.11 Å². The highest BCUT2D eigenvalue weighted by Gasteiger charge is 2.47. The molecule has 0 unspecified atom stereocenters. The number of thiocarbonyl (C=S) groups is 1. The van der Waals surface area contributed by atoms with Gasteiger partial charge in [-0.15, -0.1) is 0 Å². The van der Waals surface area contributed by atoms with Crippen LogP contribution < -0.4 is 5.73 Å². The van der Waals surface area contributed by atoms with Gasteiger partial charge >= 0.3 is 6.18 Å². The Kier molecular flexibility index (Phi) is 1.96. The molecule has 64 valence electrons. The molecular weight excluding hydrogens is 177 g/mol. The van der Waals surface area contributed by atoms with Crippen LogP contribution in [0.3, 0.4) is 0 Å². The van der Waals surface area contributed by atoms with Crippen LogP contribution in [0.25, 0.3) is 0 Å². The van der Waals surface area contributed by atoms with E-state index in [1.54, 1.807) is 0 Å². The SMILES string of the molecule is NC(=S)N1CC(C(F)(F)F)C1. The minimum Gasteiger partial charge on any atom is -0.376 e. The van der Waals surface area contributed by atoms with E-state index in [1.807, 2.05) is 0 Å². The Morgan fingerprint density at radius 1 is 1.45 bits per heavy atom. The molecule has 6 heteroatoms. The fourth-order valence-corrected chi connectivity index (χ4v) is 1.01. The topological polar surface area (TPSA) is 29.3 Å². The van der Waals surface area contributed by atoms with E-state index in [2.05, 4.69) is 12.2 Å². The van der Waals surface area contributed by atoms with Crippen molar-refractivity contribution < 1.29 is 13.2 Å². The van der Waals surface area contributed by atoms with Crippen LogP contribution >= 0.6 is 12.2 Å². The standard InChI is InChI=1S/C5H7F3N2S/c6-5(7,8)3-1-10(2-3)4(9)11/h3H,1-2H2,(H2,9,11). The van der Waals surface area contributed by atoms with Crippen LogP contribution in [0.5, 0.6) is 0 Å². The molecule has 2 nitrogen and oxygen atoms in total. The fourth-order valence-electron chi connectivity index (χ4n) is 0.866. The summed E-state index contributed by atoms with van der Waals surface area (Å²) < 4.78 is 35.5. The molecule has 0 saturated carbocycles. The molecule has 0 bridgehead atoms. The van der Waals surface area contributed by atoms with E-state index in [9.17, 15) is 13.2 Å². The van der Waals surface area contributed by atoms with Crippen molar-refractivity contribution in [1.29, 1.82) is 0 Å². The summed E-state index contributed by atoms with van der Waals surface area (Å²) in [5, 5.41) is 0.0468. The highest BCUT2D eigenvalue weighted by atomic mass is 32.1. The number of nitrogens with zero attached hydrogens (tertiary/aromatic N) is 1. The summed E-state index contributed by atoms with van der Waals surface area (Å²) in [5.41, 5.74) is 5.09. The number of hydrogen-bond donors (Lipinski definition) is 1. The lowest BCUT2D eigenvalue weighted by molar-refractivity contribution is -0.200. The summed E-state index contributed by atoms with van der Waals surface area (Å²) >= 11 is 4.48. The third kappa shape index (κ3) is 1.74. The van der Waals surface area contributed by atoms with Gasteiger partial charge in [0.1, 0.15) is 0 Å². The maximum atomic E-state index is 11.8. The van der Waals surface area contributed by atoms with Crippen molar-refractivity contribution in [2.75, 3.05) is 13.1 Å². The Morgan fingerprint density at radius 3 is 2.18 bits per heavy atom. The number of hydrogen-bond acceptors (Lipinski definition) is 1. The Balaban J connectivity index is 2.35. The number of rotatable bonds is 0. The Labute approximate surface area is 67.1 Å². The average Bonchev–Trinajstić information content (AvgIpc) is 1.51. The molecule has 0 aromatic carbocycles. The van der Waals surface area contributed by atoms with E-state index in [-0.39, 0.29) is 18.2 Å². The van der Waals surface area contributed by atoms with Crippen LogP contribution in [0.1, 0.15) is 0 Å². The largest absolute Gasteiger partial charge is 0.395 e. The molecule has 1 fully saturated rings. The van der Waals surface area contributed by atoms with E-state index in [1.165, 1.54) is 4.90 Å². The van der Waals surface area contributed by atoms with Crippen molar-refractivity contribution in [1.82, 2.24) is 4.90 Å². The van der Waals surface area contributed by atoms with E-state index in [0.29, 0.717) is 0 Å². The normalized spacial score (nSPS) is 19.7. The molecule has 2 N–H and O–H groups in total. The highest BCUT2D eigenvalue weighted by Crippen LogP contribution is 2.32. The summed E-state index contributed by atoms with van der Waals surface area (Å²) in [7, 11) is 0. The van der Waals surface area contributed by atoms with E-state index < -0.39 is 12.1 Å². The first-order valence-electron chi connectivity index (χ1n) is 3.02. The minimum atomic E-state index is -4.10. The number of halogens is 3. The first kappa shape index (κ1) is 8.58. The summed E-state index contributed by atoms with van der Waals surface area (Å²) in [6.45, 7) is -0.169. The van der Waals surface area contributed by atoms with Gasteiger partial charge in [0.2, 0.25) is 0 Å². The second kappa shape index (κ2) is 2.51. The van der Waals surface area contributed by atoms with Gasteiger partial charge in [-0.2, -0.15) is 13.2 Å². The van der Waals surface area contributed by atoms with Gasteiger partial charge < -0.3 is 10.6 Å². The monoisotopic (exact) mass is 184 g/mol. The predicted molar refractivity (Wildman–Crippen MR) is 37.9 cm³/mol. The number of nitrogens with two attached hydrogens (primary N) is 1. The van der Waals surface area contributed by atoms with Crippen LogP contribution in [0.4, 0.5) is 13.2 Å². The summed E-state index contributed by atoms with van der Waals surface area (Å²) in [5.74, 6) is -1.25. The fraction of sp³-hybridized carbons (Fsp3) is 0.800. The number of alkyl halides is 3. The molecule has 1 aliphatic heterocycles. The first-order valence-corrected chi connectivity index (χ1v) is 3.43. The molecule has 1 saturated heterocycles. The zero-order valence-electron chi connectivity index (χ0n) is 5.56. The summed E-state index contributed by atoms with van der Waals surface area (Å²) in [6, 6.07) is 0. The van der Waals surface area contributed by atoms with Crippen molar-refractivity contribution in [3.05, 3.63) is 0 Å². The van der Waals surface area contributed by atoms with Crippen LogP contribution in [0.2, 0.25) is 0 Å². The van der Waals surface area contributed by atoms with Crippen molar-refractivity contribution in [3.8, 4) is 0 Å². The lowest BCUT2D eigenvalue weighted by atomic mass is 10.0. The van der Waals surface area contributed by atoms with Crippen LogP contribution in [0, 0.1) is 5.92 Å². The molecule has 0 aromatic heterocycles. The molecule has 0 amide bonds. The van der Waals surface area contributed by atoms with Gasteiger partial charge in [-0.1, -0.05) is 0 Å². The Bertz CT molecular complexity index is 173. The zero-order chi connectivity index (χ0) is 8.65. The van der Waals surface area contributed by atoms with Crippen LogP contribution in [-0.2, 0) is 0 Å². The lowest BCUT2D eigenvalue weighted by Crippen LogP contribution is -2.57. The molecule has 0 radical (unpaired) electrons. The Morgan fingerprint density at radius 2 is 1.91 bits per heavy atom.